The quantitative estimate of drug-likeness (QED) is 0.673. The minimum absolute atomic E-state index is 0.0693. The van der Waals surface area contributed by atoms with E-state index in [2.05, 4.69) is 20.8 Å². The molecule has 2 heterocycles. The summed E-state index contributed by atoms with van der Waals surface area (Å²) in [6.07, 6.45) is 2.22. The molecule has 0 amide bonds. The van der Waals surface area contributed by atoms with E-state index in [1.54, 1.807) is 6.07 Å². The minimum atomic E-state index is -0.233. The lowest BCUT2D eigenvalue weighted by Gasteiger charge is -2.11. The van der Waals surface area contributed by atoms with Gasteiger partial charge in [-0.1, -0.05) is 54.5 Å². The molecule has 0 saturated carbocycles. The Bertz CT molecular complexity index is 984. The summed E-state index contributed by atoms with van der Waals surface area (Å²) in [5.41, 5.74) is 3.12. The van der Waals surface area contributed by atoms with Gasteiger partial charge >= 0.3 is 0 Å². The van der Waals surface area contributed by atoms with Crippen LogP contribution < -0.4 is 10.6 Å². The average molecular weight is 392 g/mol. The first-order valence-electron chi connectivity index (χ1n) is 10.0. The van der Waals surface area contributed by atoms with E-state index in [4.69, 9.17) is 4.52 Å². The second-order valence-corrected chi connectivity index (χ2v) is 7.26. The lowest BCUT2D eigenvalue weighted by Crippen LogP contribution is -2.36. The third-order valence-corrected chi connectivity index (χ3v) is 5.18. The molecule has 0 spiro atoms. The van der Waals surface area contributed by atoms with Crippen LogP contribution in [0.15, 0.2) is 64.1 Å². The number of aromatic nitrogens is 1. The summed E-state index contributed by atoms with van der Waals surface area (Å²) < 4.78 is 20.2. The van der Waals surface area contributed by atoms with Crippen molar-refractivity contribution in [3.63, 3.8) is 0 Å². The Kier molecular flexibility index (Phi) is 5.89. The Labute approximate surface area is 170 Å². The van der Waals surface area contributed by atoms with Crippen molar-refractivity contribution in [2.45, 2.75) is 32.2 Å². The second kappa shape index (κ2) is 8.90. The van der Waals surface area contributed by atoms with Gasteiger partial charge in [0.05, 0.1) is 12.2 Å². The van der Waals surface area contributed by atoms with Gasteiger partial charge in [0.1, 0.15) is 5.82 Å². The SMILES string of the molecule is CC(c1ccc(-c2ccccc2)c(F)c1)c1cc(CNC2=NCCCCN2)on1. The lowest BCUT2D eigenvalue weighted by molar-refractivity contribution is 0.372. The predicted molar refractivity (Wildman–Crippen MR) is 112 cm³/mol. The van der Waals surface area contributed by atoms with Crippen LogP contribution in [-0.2, 0) is 6.54 Å². The summed E-state index contributed by atoms with van der Waals surface area (Å²) in [6.45, 7) is 4.27. The van der Waals surface area contributed by atoms with E-state index in [9.17, 15) is 4.39 Å². The largest absolute Gasteiger partial charge is 0.359 e. The van der Waals surface area contributed by atoms with Crippen molar-refractivity contribution < 1.29 is 8.91 Å². The van der Waals surface area contributed by atoms with Crippen molar-refractivity contribution in [2.24, 2.45) is 4.99 Å². The fourth-order valence-corrected chi connectivity index (χ4v) is 3.42. The molecule has 150 valence electrons. The molecule has 2 aromatic carbocycles. The van der Waals surface area contributed by atoms with Crippen LogP contribution in [0.2, 0.25) is 0 Å². The van der Waals surface area contributed by atoms with Gasteiger partial charge in [0.25, 0.3) is 0 Å². The van der Waals surface area contributed by atoms with Crippen LogP contribution in [0.25, 0.3) is 11.1 Å². The molecule has 4 rings (SSSR count). The van der Waals surface area contributed by atoms with E-state index in [1.165, 1.54) is 0 Å². The van der Waals surface area contributed by atoms with Gasteiger partial charge in [-0.2, -0.15) is 0 Å². The van der Waals surface area contributed by atoms with Gasteiger partial charge in [0.2, 0.25) is 0 Å². The summed E-state index contributed by atoms with van der Waals surface area (Å²) in [6, 6.07) is 16.8. The van der Waals surface area contributed by atoms with Gasteiger partial charge in [0, 0.05) is 30.6 Å². The Morgan fingerprint density at radius 3 is 2.83 bits per heavy atom. The molecule has 6 heteroatoms. The molecule has 0 radical (unpaired) electrons. The first-order valence-corrected chi connectivity index (χ1v) is 10.0. The molecular weight excluding hydrogens is 367 g/mol. The lowest BCUT2D eigenvalue weighted by atomic mass is 9.94. The minimum Gasteiger partial charge on any atom is -0.359 e. The zero-order chi connectivity index (χ0) is 20.1. The molecule has 1 aliphatic heterocycles. The van der Waals surface area contributed by atoms with Crippen LogP contribution in [0, 0.1) is 5.82 Å². The number of nitrogens with zero attached hydrogens (tertiary/aromatic N) is 2. The molecule has 0 aliphatic carbocycles. The second-order valence-electron chi connectivity index (χ2n) is 7.26. The third kappa shape index (κ3) is 4.65. The van der Waals surface area contributed by atoms with E-state index in [0.717, 1.165) is 54.5 Å². The molecule has 3 aromatic rings. The average Bonchev–Trinajstić information content (AvgIpc) is 3.07. The molecule has 1 atom stereocenters. The van der Waals surface area contributed by atoms with Crippen LogP contribution >= 0.6 is 0 Å². The van der Waals surface area contributed by atoms with Crippen LogP contribution in [0.4, 0.5) is 4.39 Å². The summed E-state index contributed by atoms with van der Waals surface area (Å²) in [4.78, 5) is 4.46. The normalized spacial score (nSPS) is 15.2. The first kappa shape index (κ1) is 19.2. The molecule has 1 aliphatic rings. The van der Waals surface area contributed by atoms with E-state index in [1.807, 2.05) is 55.5 Å². The maximum Gasteiger partial charge on any atom is 0.191 e. The van der Waals surface area contributed by atoms with Crippen molar-refractivity contribution in [3.05, 3.63) is 77.4 Å². The summed E-state index contributed by atoms with van der Waals surface area (Å²) >= 11 is 0. The highest BCUT2D eigenvalue weighted by Crippen LogP contribution is 2.29. The maximum atomic E-state index is 14.7. The number of benzene rings is 2. The molecule has 1 unspecified atom stereocenters. The smallest absolute Gasteiger partial charge is 0.191 e. The topological polar surface area (TPSA) is 62.5 Å². The van der Waals surface area contributed by atoms with Crippen LogP contribution in [-0.4, -0.2) is 24.2 Å². The van der Waals surface area contributed by atoms with Gasteiger partial charge in [-0.3, -0.25) is 4.99 Å². The van der Waals surface area contributed by atoms with Gasteiger partial charge in [-0.25, -0.2) is 4.39 Å². The van der Waals surface area contributed by atoms with Gasteiger partial charge < -0.3 is 15.2 Å². The Balaban J connectivity index is 1.44. The summed E-state index contributed by atoms with van der Waals surface area (Å²) in [7, 11) is 0. The van der Waals surface area contributed by atoms with Crippen molar-refractivity contribution in [2.75, 3.05) is 13.1 Å². The standard InChI is InChI=1S/C23H25FN4O/c1-16(18-9-10-20(21(24)13-18)17-7-3-2-4-8-17)22-14-19(29-28-22)15-27-23-25-11-5-6-12-26-23/h2-4,7-10,13-14,16H,5-6,11-12,15H2,1H3,(H2,25,26,27). The molecule has 0 saturated heterocycles. The van der Waals surface area contributed by atoms with Crippen molar-refractivity contribution in [1.82, 2.24) is 15.8 Å². The number of hydrogen-bond acceptors (Lipinski definition) is 5. The molecular formula is C23H25FN4O. The van der Waals surface area contributed by atoms with Crippen LogP contribution in [0.1, 0.15) is 42.7 Å². The van der Waals surface area contributed by atoms with Crippen LogP contribution in [0.3, 0.4) is 0 Å². The van der Waals surface area contributed by atoms with E-state index in [-0.39, 0.29) is 11.7 Å². The zero-order valence-electron chi connectivity index (χ0n) is 16.5. The number of aliphatic imine (C=N–C) groups is 1. The molecule has 29 heavy (non-hydrogen) atoms. The van der Waals surface area contributed by atoms with E-state index >= 15 is 0 Å². The molecule has 0 fully saturated rings. The predicted octanol–water partition coefficient (Wildman–Crippen LogP) is 4.46. The third-order valence-electron chi connectivity index (χ3n) is 5.18. The van der Waals surface area contributed by atoms with Crippen molar-refractivity contribution >= 4 is 5.96 Å². The highest BCUT2D eigenvalue weighted by atomic mass is 19.1. The van der Waals surface area contributed by atoms with Crippen molar-refractivity contribution in [1.29, 1.82) is 0 Å². The highest BCUT2D eigenvalue weighted by molar-refractivity contribution is 5.79. The highest BCUT2D eigenvalue weighted by Gasteiger charge is 2.16. The fraction of sp³-hybridized carbons (Fsp3) is 0.304. The molecule has 5 nitrogen and oxygen atoms in total. The monoisotopic (exact) mass is 392 g/mol. The molecule has 2 N–H and O–H groups in total. The van der Waals surface area contributed by atoms with Gasteiger partial charge in [0.15, 0.2) is 11.7 Å². The van der Waals surface area contributed by atoms with E-state index in [0.29, 0.717) is 12.1 Å². The van der Waals surface area contributed by atoms with Gasteiger partial charge in [-0.15, -0.1) is 0 Å². The Hall–Kier alpha value is -3.15. The fourth-order valence-electron chi connectivity index (χ4n) is 3.42. The van der Waals surface area contributed by atoms with Crippen LogP contribution in [0.5, 0.6) is 0 Å². The Morgan fingerprint density at radius 1 is 1.14 bits per heavy atom. The van der Waals surface area contributed by atoms with Gasteiger partial charge in [-0.05, 0) is 30.0 Å². The summed E-state index contributed by atoms with van der Waals surface area (Å²) in [5.74, 6) is 1.22. The first-order chi connectivity index (χ1) is 14.2. The van der Waals surface area contributed by atoms with Crippen molar-refractivity contribution in [3.8, 4) is 11.1 Å². The number of guanidine groups is 1. The number of rotatable bonds is 5. The number of nitrogens with one attached hydrogen (secondary N) is 2. The number of hydrogen-bond donors (Lipinski definition) is 2. The molecule has 1 aromatic heterocycles. The Morgan fingerprint density at radius 2 is 2.00 bits per heavy atom. The summed E-state index contributed by atoms with van der Waals surface area (Å²) in [5, 5.41) is 10.7. The van der Waals surface area contributed by atoms with E-state index < -0.39 is 0 Å². The number of halogens is 1. The maximum absolute atomic E-state index is 14.7. The molecule has 0 bridgehead atoms. The zero-order valence-corrected chi connectivity index (χ0v) is 16.5.